The Bertz CT molecular complexity index is 853. The van der Waals surface area contributed by atoms with E-state index in [0.29, 0.717) is 17.3 Å². The van der Waals surface area contributed by atoms with Crippen LogP contribution in [0.15, 0.2) is 53.1 Å². The third-order valence-corrected chi connectivity index (χ3v) is 3.86. The summed E-state index contributed by atoms with van der Waals surface area (Å²) in [7, 11) is 0. The maximum atomic E-state index is 12.4. The van der Waals surface area contributed by atoms with E-state index in [9.17, 15) is 4.79 Å². The molecule has 0 saturated heterocycles. The van der Waals surface area contributed by atoms with E-state index in [0.717, 1.165) is 11.1 Å². The van der Waals surface area contributed by atoms with E-state index in [-0.39, 0.29) is 11.9 Å². The second-order valence-electron chi connectivity index (χ2n) is 5.83. The molecule has 1 unspecified atom stereocenters. The highest BCUT2D eigenvalue weighted by Crippen LogP contribution is 2.19. The Morgan fingerprint density at radius 2 is 1.79 bits per heavy atom. The summed E-state index contributed by atoms with van der Waals surface area (Å²) in [6, 6.07) is 15.0. The lowest BCUT2D eigenvalue weighted by molar-refractivity contribution is 0.0932. The van der Waals surface area contributed by atoms with E-state index in [1.54, 1.807) is 6.07 Å². The highest BCUT2D eigenvalue weighted by molar-refractivity contribution is 5.95. The Kier molecular flexibility index (Phi) is 4.42. The number of nitrogens with zero attached hydrogens (tertiary/aromatic N) is 2. The first-order valence-corrected chi connectivity index (χ1v) is 7.82. The fraction of sp³-hybridized carbons (Fsp3) is 0.211. The van der Waals surface area contributed by atoms with E-state index < -0.39 is 0 Å². The molecule has 1 atom stereocenters. The molecule has 0 aliphatic carbocycles. The number of nitrogens with one attached hydrogen (secondary N) is 1. The van der Waals surface area contributed by atoms with Crippen molar-refractivity contribution in [2.24, 2.45) is 0 Å². The van der Waals surface area contributed by atoms with E-state index in [1.165, 1.54) is 5.56 Å². The summed E-state index contributed by atoms with van der Waals surface area (Å²) < 4.78 is 5.30. The monoisotopic (exact) mass is 321 g/mol. The molecule has 5 nitrogen and oxygen atoms in total. The van der Waals surface area contributed by atoms with Gasteiger partial charge in [-0.1, -0.05) is 53.2 Å². The number of hydrogen-bond donors (Lipinski definition) is 1. The standard InChI is InChI=1S/C19H19N3O2/c1-12-8-10-15(11-9-12)17-21-19(24-22-17)14(3)20-18(23)16-7-5-4-6-13(16)2/h4-11,14H,1-3H3,(H,20,23). The molecular weight excluding hydrogens is 302 g/mol. The van der Waals surface area contributed by atoms with Crippen LogP contribution in [-0.4, -0.2) is 16.0 Å². The first kappa shape index (κ1) is 15.9. The number of carbonyl (C=O) groups is 1. The van der Waals surface area contributed by atoms with Crippen LogP contribution in [0.3, 0.4) is 0 Å². The highest BCUT2D eigenvalue weighted by Gasteiger charge is 2.18. The first-order valence-electron chi connectivity index (χ1n) is 7.82. The predicted molar refractivity (Wildman–Crippen MR) is 91.5 cm³/mol. The minimum atomic E-state index is -0.371. The number of hydrogen-bond acceptors (Lipinski definition) is 4. The molecule has 0 aliphatic heterocycles. The van der Waals surface area contributed by atoms with Crippen molar-refractivity contribution >= 4 is 5.91 Å². The Balaban J connectivity index is 1.74. The van der Waals surface area contributed by atoms with Crippen LogP contribution < -0.4 is 5.32 Å². The molecule has 0 fully saturated rings. The highest BCUT2D eigenvalue weighted by atomic mass is 16.5. The van der Waals surface area contributed by atoms with E-state index in [4.69, 9.17) is 4.52 Å². The smallest absolute Gasteiger partial charge is 0.252 e. The average Bonchev–Trinajstić information content (AvgIpc) is 3.06. The van der Waals surface area contributed by atoms with Crippen LogP contribution in [0.4, 0.5) is 0 Å². The first-order chi connectivity index (χ1) is 11.5. The van der Waals surface area contributed by atoms with Gasteiger partial charge in [0.15, 0.2) is 0 Å². The van der Waals surface area contributed by atoms with Crippen LogP contribution in [0, 0.1) is 13.8 Å². The van der Waals surface area contributed by atoms with Gasteiger partial charge in [-0.15, -0.1) is 0 Å². The van der Waals surface area contributed by atoms with Crippen LogP contribution >= 0.6 is 0 Å². The van der Waals surface area contributed by atoms with Crippen molar-refractivity contribution in [1.29, 1.82) is 0 Å². The molecule has 1 N–H and O–H groups in total. The quantitative estimate of drug-likeness (QED) is 0.792. The van der Waals surface area contributed by atoms with Crippen molar-refractivity contribution in [3.8, 4) is 11.4 Å². The largest absolute Gasteiger partial charge is 0.341 e. The van der Waals surface area contributed by atoms with Crippen LogP contribution in [0.25, 0.3) is 11.4 Å². The number of benzene rings is 2. The fourth-order valence-corrected chi connectivity index (χ4v) is 2.39. The van der Waals surface area contributed by atoms with Crippen molar-refractivity contribution in [3.63, 3.8) is 0 Å². The second-order valence-corrected chi connectivity index (χ2v) is 5.83. The van der Waals surface area contributed by atoms with Crippen LogP contribution in [0.1, 0.15) is 40.3 Å². The summed E-state index contributed by atoms with van der Waals surface area (Å²) >= 11 is 0. The molecule has 122 valence electrons. The van der Waals surface area contributed by atoms with E-state index in [2.05, 4.69) is 15.5 Å². The van der Waals surface area contributed by atoms with Crippen LogP contribution in [0.2, 0.25) is 0 Å². The SMILES string of the molecule is Cc1ccc(-c2noc(C(C)NC(=O)c3ccccc3C)n2)cc1. The van der Waals surface area contributed by atoms with Crippen molar-refractivity contribution in [2.75, 3.05) is 0 Å². The minimum absolute atomic E-state index is 0.157. The normalized spacial score (nSPS) is 12.0. The molecule has 0 aliphatic rings. The minimum Gasteiger partial charge on any atom is -0.341 e. The third-order valence-electron chi connectivity index (χ3n) is 3.86. The zero-order valence-corrected chi connectivity index (χ0v) is 13.9. The van der Waals surface area contributed by atoms with Gasteiger partial charge in [0.05, 0.1) is 0 Å². The summed E-state index contributed by atoms with van der Waals surface area (Å²) in [6.07, 6.45) is 0. The van der Waals surface area contributed by atoms with Gasteiger partial charge < -0.3 is 9.84 Å². The van der Waals surface area contributed by atoms with Crippen molar-refractivity contribution in [3.05, 3.63) is 71.1 Å². The number of rotatable bonds is 4. The van der Waals surface area contributed by atoms with Gasteiger partial charge in [0, 0.05) is 11.1 Å². The molecule has 0 spiro atoms. The Morgan fingerprint density at radius 3 is 2.50 bits per heavy atom. The molecule has 5 heteroatoms. The van der Waals surface area contributed by atoms with Gasteiger partial charge in [-0.2, -0.15) is 4.98 Å². The van der Waals surface area contributed by atoms with Crippen LogP contribution in [0.5, 0.6) is 0 Å². The fourth-order valence-electron chi connectivity index (χ4n) is 2.39. The number of aromatic nitrogens is 2. The van der Waals surface area contributed by atoms with Crippen molar-refractivity contribution in [2.45, 2.75) is 26.8 Å². The Labute approximate surface area is 140 Å². The lowest BCUT2D eigenvalue weighted by Gasteiger charge is -2.11. The molecule has 2 aromatic carbocycles. The van der Waals surface area contributed by atoms with Gasteiger partial charge in [0.1, 0.15) is 6.04 Å². The van der Waals surface area contributed by atoms with Gasteiger partial charge >= 0.3 is 0 Å². The molecule has 1 amide bonds. The maximum Gasteiger partial charge on any atom is 0.252 e. The molecule has 1 aromatic heterocycles. The van der Waals surface area contributed by atoms with E-state index in [1.807, 2.05) is 63.2 Å². The molecule has 1 heterocycles. The van der Waals surface area contributed by atoms with Crippen molar-refractivity contribution < 1.29 is 9.32 Å². The topological polar surface area (TPSA) is 68.0 Å². The van der Waals surface area contributed by atoms with Gasteiger partial charge in [-0.25, -0.2) is 0 Å². The Hall–Kier alpha value is -2.95. The molecule has 0 saturated carbocycles. The third kappa shape index (κ3) is 3.35. The van der Waals surface area contributed by atoms with Gasteiger partial charge in [-0.05, 0) is 32.4 Å². The lowest BCUT2D eigenvalue weighted by Crippen LogP contribution is -2.27. The Morgan fingerprint density at radius 1 is 1.08 bits per heavy atom. The summed E-state index contributed by atoms with van der Waals surface area (Å²) in [6.45, 7) is 5.75. The maximum absolute atomic E-state index is 12.4. The average molecular weight is 321 g/mol. The molecule has 3 rings (SSSR count). The predicted octanol–water partition coefficient (Wildman–Crippen LogP) is 3.84. The van der Waals surface area contributed by atoms with E-state index >= 15 is 0 Å². The number of carbonyl (C=O) groups excluding carboxylic acids is 1. The molecule has 3 aromatic rings. The summed E-state index contributed by atoms with van der Waals surface area (Å²) in [4.78, 5) is 16.7. The molecule has 0 radical (unpaired) electrons. The van der Waals surface area contributed by atoms with Gasteiger partial charge in [0.25, 0.3) is 5.91 Å². The second kappa shape index (κ2) is 6.66. The number of amides is 1. The lowest BCUT2D eigenvalue weighted by atomic mass is 10.1. The zero-order valence-electron chi connectivity index (χ0n) is 13.9. The van der Waals surface area contributed by atoms with Gasteiger partial charge in [-0.3, -0.25) is 4.79 Å². The summed E-state index contributed by atoms with van der Waals surface area (Å²) in [5.74, 6) is 0.741. The number of aryl methyl sites for hydroxylation is 2. The van der Waals surface area contributed by atoms with Crippen molar-refractivity contribution in [1.82, 2.24) is 15.5 Å². The van der Waals surface area contributed by atoms with Crippen LogP contribution in [-0.2, 0) is 0 Å². The molecule has 0 bridgehead atoms. The summed E-state index contributed by atoms with van der Waals surface area (Å²) in [5.41, 5.74) is 3.62. The summed E-state index contributed by atoms with van der Waals surface area (Å²) in [5, 5.41) is 6.89. The zero-order chi connectivity index (χ0) is 17.1. The molecule has 24 heavy (non-hydrogen) atoms. The molecular formula is C19H19N3O2. The van der Waals surface area contributed by atoms with Gasteiger partial charge in [0.2, 0.25) is 11.7 Å².